The third-order valence-corrected chi connectivity index (χ3v) is 7.88. The van der Waals surface area contributed by atoms with Gasteiger partial charge in [0.25, 0.3) is 5.91 Å². The molecule has 1 heterocycles. The van der Waals surface area contributed by atoms with Crippen molar-refractivity contribution in [3.63, 3.8) is 0 Å². The van der Waals surface area contributed by atoms with Gasteiger partial charge < -0.3 is 5.32 Å². The molecular formula is C24H24BrN3O3S. The summed E-state index contributed by atoms with van der Waals surface area (Å²) in [5, 5.41) is 2.89. The van der Waals surface area contributed by atoms with Crippen LogP contribution in [0.2, 0.25) is 0 Å². The van der Waals surface area contributed by atoms with E-state index in [4.69, 9.17) is 0 Å². The van der Waals surface area contributed by atoms with Crippen molar-refractivity contribution in [1.29, 1.82) is 0 Å². The minimum absolute atomic E-state index is 0.154. The number of nitrogens with one attached hydrogen (secondary N) is 1. The molecular weight excluding hydrogens is 490 g/mol. The lowest BCUT2D eigenvalue weighted by Gasteiger charge is -2.34. The quantitative estimate of drug-likeness (QED) is 0.535. The fraction of sp³-hybridized carbons (Fsp3) is 0.208. The lowest BCUT2D eigenvalue weighted by molar-refractivity contribution is 0.102. The molecule has 0 unspecified atom stereocenters. The van der Waals surface area contributed by atoms with Crippen LogP contribution in [0.15, 0.2) is 88.2 Å². The van der Waals surface area contributed by atoms with Crippen LogP contribution in [0.1, 0.15) is 15.9 Å². The predicted molar refractivity (Wildman–Crippen MR) is 129 cm³/mol. The molecule has 1 aliphatic rings. The van der Waals surface area contributed by atoms with Crippen molar-refractivity contribution < 1.29 is 13.2 Å². The average Bonchev–Trinajstić information content (AvgIpc) is 2.82. The Morgan fingerprint density at radius 3 is 2.09 bits per heavy atom. The molecule has 0 spiro atoms. The first-order valence-electron chi connectivity index (χ1n) is 10.4. The molecule has 1 aliphatic heterocycles. The first-order chi connectivity index (χ1) is 15.4. The molecule has 0 aliphatic carbocycles. The lowest BCUT2D eigenvalue weighted by Crippen LogP contribution is -2.48. The number of rotatable bonds is 6. The smallest absolute Gasteiger partial charge is 0.255 e. The Balaban J connectivity index is 1.31. The van der Waals surface area contributed by atoms with Gasteiger partial charge in [0.1, 0.15) is 0 Å². The van der Waals surface area contributed by atoms with E-state index in [1.54, 1.807) is 28.6 Å². The summed E-state index contributed by atoms with van der Waals surface area (Å²) in [5.74, 6) is -0.154. The van der Waals surface area contributed by atoms with Crippen LogP contribution in [0.3, 0.4) is 0 Å². The van der Waals surface area contributed by atoms with Gasteiger partial charge in [-0.25, -0.2) is 8.42 Å². The average molecular weight is 514 g/mol. The maximum Gasteiger partial charge on any atom is 0.255 e. The molecule has 8 heteroatoms. The van der Waals surface area contributed by atoms with Crippen molar-refractivity contribution in [2.24, 2.45) is 0 Å². The Labute approximate surface area is 197 Å². The largest absolute Gasteiger partial charge is 0.322 e. The molecule has 3 aromatic carbocycles. The monoisotopic (exact) mass is 513 g/mol. The van der Waals surface area contributed by atoms with Crippen LogP contribution < -0.4 is 5.32 Å². The number of amides is 1. The summed E-state index contributed by atoms with van der Waals surface area (Å²) < 4.78 is 28.0. The van der Waals surface area contributed by atoms with E-state index in [-0.39, 0.29) is 5.91 Å². The van der Waals surface area contributed by atoms with Crippen molar-refractivity contribution in [3.8, 4) is 0 Å². The first-order valence-corrected chi connectivity index (χ1v) is 12.6. The van der Waals surface area contributed by atoms with Gasteiger partial charge in [-0.3, -0.25) is 9.69 Å². The van der Waals surface area contributed by atoms with Crippen molar-refractivity contribution in [2.75, 3.05) is 31.5 Å². The van der Waals surface area contributed by atoms with Gasteiger partial charge in [-0.2, -0.15) is 4.31 Å². The van der Waals surface area contributed by atoms with Crippen LogP contribution in [0.4, 0.5) is 5.69 Å². The zero-order valence-electron chi connectivity index (χ0n) is 17.4. The molecule has 0 aromatic heterocycles. The highest BCUT2D eigenvalue weighted by molar-refractivity contribution is 9.10. The van der Waals surface area contributed by atoms with Gasteiger partial charge in [-0.1, -0.05) is 46.3 Å². The third kappa shape index (κ3) is 5.45. The molecule has 3 aromatic rings. The van der Waals surface area contributed by atoms with Gasteiger partial charge >= 0.3 is 0 Å². The Morgan fingerprint density at radius 1 is 0.844 bits per heavy atom. The Kier molecular flexibility index (Phi) is 7.05. The van der Waals surface area contributed by atoms with Crippen LogP contribution in [0.5, 0.6) is 0 Å². The Bertz CT molecular complexity index is 1160. The standard InChI is InChI=1S/C24H24BrN3O3S/c25-21-10-12-22(13-11-21)26-24(29)20-8-6-19(7-9-20)18-27-14-16-28(17-15-27)32(30,31)23-4-2-1-3-5-23/h1-13H,14-18H2,(H,26,29). The molecule has 1 amide bonds. The molecule has 32 heavy (non-hydrogen) atoms. The highest BCUT2D eigenvalue weighted by atomic mass is 79.9. The van der Waals surface area contributed by atoms with E-state index in [9.17, 15) is 13.2 Å². The number of carbonyl (C=O) groups is 1. The molecule has 0 radical (unpaired) electrons. The molecule has 1 N–H and O–H groups in total. The van der Waals surface area contributed by atoms with E-state index in [0.29, 0.717) is 43.2 Å². The minimum Gasteiger partial charge on any atom is -0.322 e. The van der Waals surface area contributed by atoms with Crippen LogP contribution in [0, 0.1) is 0 Å². The molecule has 1 fully saturated rings. The van der Waals surface area contributed by atoms with Crippen molar-refractivity contribution in [3.05, 3.63) is 94.5 Å². The van der Waals surface area contributed by atoms with Gasteiger partial charge in [-0.15, -0.1) is 0 Å². The van der Waals surface area contributed by atoms with Crippen LogP contribution in [-0.2, 0) is 16.6 Å². The molecule has 0 saturated carbocycles. The van der Waals surface area contributed by atoms with E-state index in [1.807, 2.05) is 54.6 Å². The SMILES string of the molecule is O=C(Nc1ccc(Br)cc1)c1ccc(CN2CCN(S(=O)(=O)c3ccccc3)CC2)cc1. The summed E-state index contributed by atoms with van der Waals surface area (Å²) in [6, 6.07) is 23.5. The summed E-state index contributed by atoms with van der Waals surface area (Å²) in [7, 11) is -3.44. The maximum absolute atomic E-state index is 12.8. The van der Waals surface area contributed by atoms with Crippen molar-refractivity contribution >= 4 is 37.5 Å². The van der Waals surface area contributed by atoms with E-state index in [0.717, 1.165) is 15.7 Å². The van der Waals surface area contributed by atoms with Crippen molar-refractivity contribution in [1.82, 2.24) is 9.21 Å². The summed E-state index contributed by atoms with van der Waals surface area (Å²) in [6.45, 7) is 2.97. The second kappa shape index (κ2) is 9.95. The Hall–Kier alpha value is -2.52. The van der Waals surface area contributed by atoms with Crippen LogP contribution >= 0.6 is 15.9 Å². The number of nitrogens with zero attached hydrogens (tertiary/aromatic N) is 2. The number of hydrogen-bond donors (Lipinski definition) is 1. The van der Waals surface area contributed by atoms with Gasteiger partial charge in [0.05, 0.1) is 4.90 Å². The second-order valence-corrected chi connectivity index (χ2v) is 10.5. The van der Waals surface area contributed by atoms with Gasteiger partial charge in [-0.05, 0) is 54.1 Å². The van der Waals surface area contributed by atoms with Gasteiger partial charge in [0, 0.05) is 48.4 Å². The fourth-order valence-electron chi connectivity index (χ4n) is 3.63. The van der Waals surface area contributed by atoms with Crippen molar-refractivity contribution in [2.45, 2.75) is 11.4 Å². The number of piperazine rings is 1. The maximum atomic E-state index is 12.8. The summed E-state index contributed by atoms with van der Waals surface area (Å²) in [6.07, 6.45) is 0. The van der Waals surface area contributed by atoms with Crippen LogP contribution in [-0.4, -0.2) is 49.7 Å². The number of carbonyl (C=O) groups excluding carboxylic acids is 1. The molecule has 6 nitrogen and oxygen atoms in total. The number of sulfonamides is 1. The minimum atomic E-state index is -3.44. The number of benzene rings is 3. The number of halogens is 1. The van der Waals surface area contributed by atoms with Crippen LogP contribution in [0.25, 0.3) is 0 Å². The molecule has 166 valence electrons. The number of hydrogen-bond acceptors (Lipinski definition) is 4. The summed E-state index contributed by atoms with van der Waals surface area (Å²) >= 11 is 3.38. The second-order valence-electron chi connectivity index (χ2n) is 7.65. The molecule has 4 rings (SSSR count). The molecule has 0 atom stereocenters. The topological polar surface area (TPSA) is 69.7 Å². The zero-order valence-corrected chi connectivity index (χ0v) is 19.8. The summed E-state index contributed by atoms with van der Waals surface area (Å²) in [5.41, 5.74) is 2.42. The normalized spacial score (nSPS) is 15.4. The van der Waals surface area contributed by atoms with E-state index < -0.39 is 10.0 Å². The highest BCUT2D eigenvalue weighted by Gasteiger charge is 2.28. The third-order valence-electron chi connectivity index (χ3n) is 5.44. The van der Waals surface area contributed by atoms with Gasteiger partial charge in [0.2, 0.25) is 10.0 Å². The van der Waals surface area contributed by atoms with E-state index in [1.165, 1.54) is 0 Å². The number of anilines is 1. The Morgan fingerprint density at radius 2 is 1.47 bits per heavy atom. The fourth-order valence-corrected chi connectivity index (χ4v) is 5.33. The van der Waals surface area contributed by atoms with E-state index >= 15 is 0 Å². The lowest BCUT2D eigenvalue weighted by atomic mass is 10.1. The zero-order chi connectivity index (χ0) is 22.6. The van der Waals surface area contributed by atoms with E-state index in [2.05, 4.69) is 26.1 Å². The first kappa shape index (κ1) is 22.7. The predicted octanol–water partition coefficient (Wildman–Crippen LogP) is 4.21. The molecule has 1 saturated heterocycles. The molecule has 0 bridgehead atoms. The summed E-state index contributed by atoms with van der Waals surface area (Å²) in [4.78, 5) is 15.0. The highest BCUT2D eigenvalue weighted by Crippen LogP contribution is 2.19. The van der Waals surface area contributed by atoms with Gasteiger partial charge in [0.15, 0.2) is 0 Å².